The van der Waals surface area contributed by atoms with Crippen LogP contribution in [0.25, 0.3) is 0 Å². The molecule has 5 nitrogen and oxygen atoms in total. The fraction of sp³-hybridized carbons (Fsp3) is 0.529. The number of hydrogen-bond acceptors (Lipinski definition) is 4. The number of carbonyl (C=O) groups excluding carboxylic acids is 2. The van der Waals surface area contributed by atoms with E-state index in [9.17, 15) is 22.8 Å². The molecule has 2 fully saturated rings. The maximum absolute atomic E-state index is 12.8. The van der Waals surface area contributed by atoms with Crippen LogP contribution in [0.3, 0.4) is 0 Å². The summed E-state index contributed by atoms with van der Waals surface area (Å²) in [6.45, 7) is 1.47. The van der Waals surface area contributed by atoms with E-state index in [-0.39, 0.29) is 12.5 Å². The minimum atomic E-state index is -4.34. The largest absolute Gasteiger partial charge is 0.439 e. The first kappa shape index (κ1) is 17.6. The molecule has 25 heavy (non-hydrogen) atoms. The molecule has 0 N–H and O–H groups in total. The lowest BCUT2D eigenvalue weighted by Gasteiger charge is -2.34. The van der Waals surface area contributed by atoms with E-state index in [1.807, 2.05) is 4.90 Å². The van der Waals surface area contributed by atoms with Gasteiger partial charge in [0.2, 0.25) is 0 Å². The first-order valence-electron chi connectivity index (χ1n) is 8.24. The molecular weight excluding hydrogens is 337 g/mol. The Balaban J connectivity index is 1.52. The van der Waals surface area contributed by atoms with Gasteiger partial charge in [0, 0.05) is 25.3 Å². The average Bonchev–Trinajstić information content (AvgIpc) is 2.91. The van der Waals surface area contributed by atoms with E-state index in [1.165, 1.54) is 12.1 Å². The van der Waals surface area contributed by atoms with Crippen molar-refractivity contribution in [2.45, 2.75) is 25.4 Å². The van der Waals surface area contributed by atoms with Gasteiger partial charge in [-0.3, -0.25) is 4.79 Å². The van der Waals surface area contributed by atoms with Crippen LogP contribution in [0.1, 0.15) is 24.8 Å². The zero-order valence-corrected chi connectivity index (χ0v) is 13.6. The molecule has 1 aromatic rings. The molecule has 1 aromatic carbocycles. The van der Waals surface area contributed by atoms with Crippen LogP contribution in [-0.2, 0) is 15.7 Å². The molecule has 2 aliphatic rings. The Bertz CT molecular complexity index is 639. The first-order valence-corrected chi connectivity index (χ1v) is 8.24. The summed E-state index contributed by atoms with van der Waals surface area (Å²) >= 11 is 0. The fourth-order valence-corrected chi connectivity index (χ4v) is 3.27. The van der Waals surface area contributed by atoms with Crippen molar-refractivity contribution < 1.29 is 27.5 Å². The van der Waals surface area contributed by atoms with Crippen LogP contribution in [-0.4, -0.2) is 43.1 Å². The van der Waals surface area contributed by atoms with E-state index in [4.69, 9.17) is 0 Å². The lowest BCUT2D eigenvalue weighted by molar-refractivity contribution is -0.137. The molecule has 0 radical (unpaired) electrons. The summed E-state index contributed by atoms with van der Waals surface area (Å²) in [5.74, 6) is 0.0228. The van der Waals surface area contributed by atoms with Gasteiger partial charge in [-0.2, -0.15) is 13.2 Å². The molecule has 0 saturated carbocycles. The number of imide groups is 1. The summed E-state index contributed by atoms with van der Waals surface area (Å²) in [5, 5.41) is 0. The van der Waals surface area contributed by atoms with E-state index >= 15 is 0 Å². The van der Waals surface area contributed by atoms with E-state index in [1.54, 1.807) is 6.07 Å². The number of benzene rings is 1. The van der Waals surface area contributed by atoms with Crippen molar-refractivity contribution in [2.24, 2.45) is 5.92 Å². The third kappa shape index (κ3) is 4.05. The molecule has 0 aliphatic carbocycles. The van der Waals surface area contributed by atoms with Crippen molar-refractivity contribution in [2.75, 3.05) is 31.1 Å². The van der Waals surface area contributed by atoms with Crippen LogP contribution in [0.2, 0.25) is 0 Å². The molecule has 3 rings (SSSR count). The van der Waals surface area contributed by atoms with Gasteiger partial charge >= 0.3 is 12.3 Å². The lowest BCUT2D eigenvalue weighted by Crippen LogP contribution is -2.36. The third-order valence-electron chi connectivity index (χ3n) is 4.75. The number of amides is 2. The topological polar surface area (TPSA) is 49.9 Å². The number of hydrogen-bond donors (Lipinski definition) is 0. The maximum Gasteiger partial charge on any atom is 0.417 e. The lowest BCUT2D eigenvalue weighted by atomic mass is 9.93. The second-order valence-corrected chi connectivity index (χ2v) is 6.37. The molecule has 2 heterocycles. The number of halogens is 3. The van der Waals surface area contributed by atoms with Gasteiger partial charge in [-0.15, -0.1) is 0 Å². The summed E-state index contributed by atoms with van der Waals surface area (Å²) in [5.41, 5.74) is -0.0650. The van der Waals surface area contributed by atoms with Gasteiger partial charge in [0.05, 0.1) is 5.56 Å². The molecule has 0 unspecified atom stereocenters. The van der Waals surface area contributed by atoms with Crippen molar-refractivity contribution in [1.29, 1.82) is 0 Å². The fourth-order valence-electron chi connectivity index (χ4n) is 3.27. The van der Waals surface area contributed by atoms with Crippen molar-refractivity contribution in [3.63, 3.8) is 0 Å². The standard InChI is InChI=1S/C17H19F3N2O3/c18-17(19,20)13-2-1-3-14(10-13)21-7-4-12(5-8-21)6-9-22-15(23)11-25-16(22)24/h1-3,10,12H,4-9,11H2. The zero-order valence-electron chi connectivity index (χ0n) is 13.6. The number of cyclic esters (lactones) is 1. The Morgan fingerprint density at radius 1 is 1.16 bits per heavy atom. The predicted octanol–water partition coefficient (Wildman–Crippen LogP) is 3.29. The highest BCUT2D eigenvalue weighted by molar-refractivity contribution is 5.97. The van der Waals surface area contributed by atoms with Gasteiger partial charge < -0.3 is 9.64 Å². The molecule has 2 amide bonds. The number of alkyl halides is 3. The quantitative estimate of drug-likeness (QED) is 0.831. The van der Waals surface area contributed by atoms with Gasteiger partial charge in [0.25, 0.3) is 5.91 Å². The van der Waals surface area contributed by atoms with E-state index in [2.05, 4.69) is 4.74 Å². The molecule has 2 saturated heterocycles. The average molecular weight is 356 g/mol. The van der Waals surface area contributed by atoms with Gasteiger partial charge in [-0.1, -0.05) is 6.07 Å². The van der Waals surface area contributed by atoms with E-state index in [0.29, 0.717) is 37.7 Å². The van der Waals surface area contributed by atoms with Crippen LogP contribution in [0, 0.1) is 5.92 Å². The highest BCUT2D eigenvalue weighted by atomic mass is 19.4. The third-order valence-corrected chi connectivity index (χ3v) is 4.75. The monoisotopic (exact) mass is 356 g/mol. The Labute approximate surface area is 143 Å². The number of piperidine rings is 1. The normalized spacial score (nSPS) is 19.5. The van der Waals surface area contributed by atoms with Gasteiger partial charge in [0.15, 0.2) is 6.61 Å². The van der Waals surface area contributed by atoms with E-state index in [0.717, 1.165) is 23.8 Å². The van der Waals surface area contributed by atoms with Crippen molar-refractivity contribution in [3.05, 3.63) is 29.8 Å². The smallest absolute Gasteiger partial charge is 0.417 e. The van der Waals surface area contributed by atoms with Crippen LogP contribution >= 0.6 is 0 Å². The summed E-state index contributed by atoms with van der Waals surface area (Å²) in [6.07, 6.45) is -2.62. The van der Waals surface area contributed by atoms with Crippen molar-refractivity contribution in [1.82, 2.24) is 4.90 Å². The Hall–Kier alpha value is -2.25. The van der Waals surface area contributed by atoms with Crippen LogP contribution < -0.4 is 4.90 Å². The van der Waals surface area contributed by atoms with Gasteiger partial charge in [-0.05, 0) is 43.4 Å². The maximum atomic E-state index is 12.8. The molecule has 2 aliphatic heterocycles. The summed E-state index contributed by atoms with van der Waals surface area (Å²) in [4.78, 5) is 25.9. The molecule has 0 bridgehead atoms. The van der Waals surface area contributed by atoms with Gasteiger partial charge in [-0.25, -0.2) is 9.69 Å². The van der Waals surface area contributed by atoms with Crippen LogP contribution in [0.4, 0.5) is 23.7 Å². The minimum Gasteiger partial charge on any atom is -0.439 e. The van der Waals surface area contributed by atoms with Crippen LogP contribution in [0.15, 0.2) is 24.3 Å². The SMILES string of the molecule is O=C1COC(=O)N1CCC1CCN(c2cccc(C(F)(F)F)c2)CC1. The molecular formula is C17H19F3N2O3. The van der Waals surface area contributed by atoms with Crippen molar-refractivity contribution in [3.8, 4) is 0 Å². The molecule has 8 heteroatoms. The highest BCUT2D eigenvalue weighted by Gasteiger charge is 2.33. The molecule has 0 aromatic heterocycles. The van der Waals surface area contributed by atoms with E-state index < -0.39 is 17.8 Å². The zero-order chi connectivity index (χ0) is 18.0. The molecule has 0 spiro atoms. The van der Waals surface area contributed by atoms with Gasteiger partial charge in [0.1, 0.15) is 0 Å². The predicted molar refractivity (Wildman–Crippen MR) is 84.1 cm³/mol. The highest BCUT2D eigenvalue weighted by Crippen LogP contribution is 2.33. The minimum absolute atomic E-state index is 0.188. The number of rotatable bonds is 4. The first-order chi connectivity index (χ1) is 11.8. The number of carbonyl (C=O) groups is 2. The second-order valence-electron chi connectivity index (χ2n) is 6.37. The molecule has 136 valence electrons. The summed E-state index contributed by atoms with van der Waals surface area (Å²) in [6, 6.07) is 5.37. The Morgan fingerprint density at radius 3 is 2.48 bits per heavy atom. The summed E-state index contributed by atoms with van der Waals surface area (Å²) < 4.78 is 43.1. The summed E-state index contributed by atoms with van der Waals surface area (Å²) in [7, 11) is 0. The Kier molecular flexibility index (Phi) is 4.87. The Morgan fingerprint density at radius 2 is 1.88 bits per heavy atom. The van der Waals surface area contributed by atoms with Crippen molar-refractivity contribution >= 4 is 17.7 Å². The number of anilines is 1. The second kappa shape index (κ2) is 6.93. The number of ether oxygens (including phenoxy) is 1. The molecule has 0 atom stereocenters. The van der Waals surface area contributed by atoms with Crippen LogP contribution in [0.5, 0.6) is 0 Å². The number of nitrogens with zero attached hydrogens (tertiary/aromatic N) is 2.